The van der Waals surface area contributed by atoms with Crippen molar-refractivity contribution in [2.75, 3.05) is 13.1 Å². The number of hydrogen-bond donors (Lipinski definition) is 3. The molecule has 1 aliphatic heterocycles. The number of urea groups is 1. The molecule has 3 amide bonds. The fraction of sp³-hybridized carbons (Fsp3) is 0.667. The molecule has 1 aliphatic rings. The van der Waals surface area contributed by atoms with Crippen LogP contribution in [-0.4, -0.2) is 46.9 Å². The highest BCUT2D eigenvalue weighted by Crippen LogP contribution is 2.10. The van der Waals surface area contributed by atoms with Crippen LogP contribution in [0.5, 0.6) is 0 Å². The molecule has 1 unspecified atom stereocenters. The van der Waals surface area contributed by atoms with Crippen molar-refractivity contribution in [3.05, 3.63) is 0 Å². The fourth-order valence-electron chi connectivity index (χ4n) is 1.66. The summed E-state index contributed by atoms with van der Waals surface area (Å²) in [5.74, 6) is -0.406. The summed E-state index contributed by atoms with van der Waals surface area (Å²) >= 11 is 0. The van der Waals surface area contributed by atoms with Crippen molar-refractivity contribution in [3.8, 4) is 0 Å². The zero-order valence-corrected chi connectivity index (χ0v) is 9.14. The van der Waals surface area contributed by atoms with Crippen molar-refractivity contribution >= 4 is 17.6 Å². The summed E-state index contributed by atoms with van der Waals surface area (Å²) in [5, 5.41) is 13.8. The molecular formula is C9H16N4O3. The first-order chi connectivity index (χ1) is 7.54. The van der Waals surface area contributed by atoms with Crippen molar-refractivity contribution in [3.63, 3.8) is 0 Å². The summed E-state index contributed by atoms with van der Waals surface area (Å²) in [5.41, 5.74) is 5.60. The second-order valence-corrected chi connectivity index (χ2v) is 3.73. The summed E-state index contributed by atoms with van der Waals surface area (Å²) in [6.45, 7) is 2.97. The van der Waals surface area contributed by atoms with Crippen molar-refractivity contribution < 1.29 is 14.8 Å². The molecule has 0 saturated carbocycles. The van der Waals surface area contributed by atoms with Gasteiger partial charge >= 0.3 is 6.03 Å². The maximum absolute atomic E-state index is 11.5. The maximum atomic E-state index is 11.5. The van der Waals surface area contributed by atoms with E-state index in [1.807, 2.05) is 10.2 Å². The molecule has 0 spiro atoms. The van der Waals surface area contributed by atoms with Gasteiger partial charge in [-0.2, -0.15) is 0 Å². The molecule has 7 heteroatoms. The number of oxime groups is 1. The smallest absolute Gasteiger partial charge is 0.318 e. The summed E-state index contributed by atoms with van der Waals surface area (Å²) in [6, 6.07) is -1.25. The maximum Gasteiger partial charge on any atom is 0.318 e. The Morgan fingerprint density at radius 2 is 2.06 bits per heavy atom. The summed E-state index contributed by atoms with van der Waals surface area (Å²) in [4.78, 5) is 23.9. The lowest BCUT2D eigenvalue weighted by Gasteiger charge is -2.31. The molecular weight excluding hydrogens is 212 g/mol. The Labute approximate surface area is 93.3 Å². The van der Waals surface area contributed by atoms with Crippen LogP contribution < -0.4 is 11.1 Å². The van der Waals surface area contributed by atoms with Gasteiger partial charge in [-0.05, 0) is 6.92 Å². The first-order valence-electron chi connectivity index (χ1n) is 5.08. The molecule has 1 rings (SSSR count). The number of amides is 3. The average Bonchev–Trinajstić information content (AvgIpc) is 2.27. The Morgan fingerprint density at radius 3 is 2.50 bits per heavy atom. The van der Waals surface area contributed by atoms with Gasteiger partial charge in [0.25, 0.3) is 0 Å². The zero-order valence-electron chi connectivity index (χ0n) is 9.14. The number of carbonyl (C=O) groups excluding carboxylic acids is 2. The lowest BCUT2D eigenvalue weighted by molar-refractivity contribution is -0.124. The van der Waals surface area contributed by atoms with E-state index < -0.39 is 18.0 Å². The van der Waals surface area contributed by atoms with E-state index in [1.54, 1.807) is 6.92 Å². The summed E-state index contributed by atoms with van der Waals surface area (Å²) < 4.78 is 0. The van der Waals surface area contributed by atoms with E-state index in [4.69, 9.17) is 10.9 Å². The van der Waals surface area contributed by atoms with Gasteiger partial charge in [0, 0.05) is 25.9 Å². The Bertz CT molecular complexity index is 306. The van der Waals surface area contributed by atoms with E-state index >= 15 is 0 Å². The molecule has 1 saturated heterocycles. The van der Waals surface area contributed by atoms with E-state index in [1.165, 1.54) is 0 Å². The molecule has 1 atom stereocenters. The number of nitrogens with two attached hydrogens (primary N) is 1. The highest BCUT2D eigenvalue weighted by atomic mass is 16.4. The minimum Gasteiger partial charge on any atom is -0.411 e. The fourth-order valence-corrected chi connectivity index (χ4v) is 1.66. The van der Waals surface area contributed by atoms with Crippen LogP contribution in [0.2, 0.25) is 0 Å². The molecule has 0 aromatic rings. The number of primary amides is 1. The second kappa shape index (κ2) is 5.45. The van der Waals surface area contributed by atoms with Gasteiger partial charge < -0.3 is 10.9 Å². The van der Waals surface area contributed by atoms with Gasteiger partial charge in [-0.3, -0.25) is 15.0 Å². The third kappa shape index (κ3) is 3.20. The number of imide groups is 1. The largest absolute Gasteiger partial charge is 0.411 e. The molecule has 90 valence electrons. The van der Waals surface area contributed by atoms with Gasteiger partial charge in [-0.25, -0.2) is 4.79 Å². The number of nitrogens with zero attached hydrogens (tertiary/aromatic N) is 2. The van der Waals surface area contributed by atoms with Gasteiger partial charge in [0.2, 0.25) is 5.91 Å². The Kier molecular flexibility index (Phi) is 4.24. The summed E-state index contributed by atoms with van der Waals surface area (Å²) in [7, 11) is 0. The first kappa shape index (κ1) is 12.4. The third-order valence-electron chi connectivity index (χ3n) is 2.69. The van der Waals surface area contributed by atoms with Gasteiger partial charge in [-0.1, -0.05) is 5.16 Å². The molecule has 0 aromatic carbocycles. The highest BCUT2D eigenvalue weighted by Gasteiger charge is 2.25. The van der Waals surface area contributed by atoms with Crippen LogP contribution in [0.4, 0.5) is 4.79 Å². The molecule has 7 nitrogen and oxygen atoms in total. The van der Waals surface area contributed by atoms with Gasteiger partial charge in [0.1, 0.15) is 0 Å². The standard InChI is InChI=1S/C9H16N4O3/c1-6(8(14)11-9(10)15)13-4-2-7(12-16)3-5-13/h6,16H,2-5H2,1H3,(H3,10,11,14,15). The molecule has 0 aliphatic carbocycles. The van der Waals surface area contributed by atoms with Crippen molar-refractivity contribution in [1.29, 1.82) is 0 Å². The molecule has 16 heavy (non-hydrogen) atoms. The SMILES string of the molecule is CC(C(=O)NC(N)=O)N1CCC(=NO)CC1. The predicted octanol–water partition coefficient (Wildman–Crippen LogP) is -0.504. The minimum atomic E-state index is -0.841. The van der Waals surface area contributed by atoms with Crippen LogP contribution in [0.1, 0.15) is 19.8 Å². The minimum absolute atomic E-state index is 0.406. The van der Waals surface area contributed by atoms with E-state index in [0.29, 0.717) is 25.9 Å². The number of rotatable bonds is 2. The Balaban J connectivity index is 2.46. The monoisotopic (exact) mass is 228 g/mol. The van der Waals surface area contributed by atoms with Gasteiger partial charge in [0.05, 0.1) is 11.8 Å². The molecule has 0 radical (unpaired) electrons. The van der Waals surface area contributed by atoms with E-state index in [-0.39, 0.29) is 0 Å². The molecule has 0 aromatic heterocycles. The first-order valence-corrected chi connectivity index (χ1v) is 5.08. The Morgan fingerprint density at radius 1 is 1.50 bits per heavy atom. The number of piperidine rings is 1. The van der Waals surface area contributed by atoms with Gasteiger partial charge in [0.15, 0.2) is 0 Å². The topological polar surface area (TPSA) is 108 Å². The number of likely N-dealkylation sites (tertiary alicyclic amines) is 1. The summed E-state index contributed by atoms with van der Waals surface area (Å²) in [6.07, 6.45) is 1.26. The zero-order chi connectivity index (χ0) is 12.1. The molecule has 4 N–H and O–H groups in total. The molecule has 1 heterocycles. The van der Waals surface area contributed by atoms with Crippen molar-refractivity contribution in [2.45, 2.75) is 25.8 Å². The van der Waals surface area contributed by atoms with Crippen LogP contribution in [0.25, 0.3) is 0 Å². The molecule has 0 bridgehead atoms. The predicted molar refractivity (Wildman–Crippen MR) is 57.2 cm³/mol. The van der Waals surface area contributed by atoms with E-state index in [9.17, 15) is 9.59 Å². The lowest BCUT2D eigenvalue weighted by Crippen LogP contribution is -2.50. The number of hydrogen-bond acceptors (Lipinski definition) is 5. The lowest BCUT2D eigenvalue weighted by atomic mass is 10.1. The van der Waals surface area contributed by atoms with Crippen LogP contribution in [-0.2, 0) is 4.79 Å². The van der Waals surface area contributed by atoms with Crippen LogP contribution in [0, 0.1) is 0 Å². The second-order valence-electron chi connectivity index (χ2n) is 3.73. The normalized spacial score (nSPS) is 18.9. The third-order valence-corrected chi connectivity index (χ3v) is 2.69. The quantitative estimate of drug-likeness (QED) is 0.437. The van der Waals surface area contributed by atoms with Crippen LogP contribution >= 0.6 is 0 Å². The van der Waals surface area contributed by atoms with E-state index in [2.05, 4.69) is 5.16 Å². The number of nitrogens with one attached hydrogen (secondary N) is 1. The van der Waals surface area contributed by atoms with Crippen LogP contribution in [0.3, 0.4) is 0 Å². The highest BCUT2D eigenvalue weighted by molar-refractivity contribution is 5.96. The Hall–Kier alpha value is -1.63. The average molecular weight is 228 g/mol. The number of carbonyl (C=O) groups is 2. The van der Waals surface area contributed by atoms with Crippen LogP contribution in [0.15, 0.2) is 5.16 Å². The van der Waals surface area contributed by atoms with E-state index in [0.717, 1.165) is 5.71 Å². The van der Waals surface area contributed by atoms with Gasteiger partial charge in [-0.15, -0.1) is 0 Å². The van der Waals surface area contributed by atoms with Crippen molar-refractivity contribution in [1.82, 2.24) is 10.2 Å². The van der Waals surface area contributed by atoms with Crippen molar-refractivity contribution in [2.24, 2.45) is 10.9 Å². The molecule has 1 fully saturated rings.